The van der Waals surface area contributed by atoms with Gasteiger partial charge < -0.3 is 15.0 Å². The highest BCUT2D eigenvalue weighted by atomic mass is 16.5. The van der Waals surface area contributed by atoms with E-state index in [0.717, 1.165) is 12.8 Å². The van der Waals surface area contributed by atoms with Crippen molar-refractivity contribution in [1.82, 2.24) is 10.2 Å². The molecule has 0 radical (unpaired) electrons. The summed E-state index contributed by atoms with van der Waals surface area (Å²) >= 11 is 0. The first-order chi connectivity index (χ1) is 9.72. The molecule has 0 aromatic rings. The summed E-state index contributed by atoms with van der Waals surface area (Å²) in [5, 5.41) is 2.95. The third-order valence-electron chi connectivity index (χ3n) is 4.33. The molecule has 0 aromatic carbocycles. The molecule has 1 N–H and O–H groups in total. The smallest absolute Gasteiger partial charge is 0.245 e. The maximum atomic E-state index is 12.6. The lowest BCUT2D eigenvalue weighted by atomic mass is 9.83. The van der Waals surface area contributed by atoms with Gasteiger partial charge >= 0.3 is 0 Å². The van der Waals surface area contributed by atoms with Crippen LogP contribution in [0.15, 0.2) is 0 Å². The highest BCUT2D eigenvalue weighted by Crippen LogP contribution is 2.28. The molecule has 1 atom stereocenters. The molecule has 1 saturated carbocycles. The normalized spacial score (nSPS) is 25.4. The number of ether oxygens (including phenoxy) is 1. The molecule has 1 unspecified atom stereocenters. The van der Waals surface area contributed by atoms with Crippen LogP contribution in [0.25, 0.3) is 0 Å². The monoisotopic (exact) mass is 282 g/mol. The number of amides is 2. The largest absolute Gasteiger partial charge is 0.380 e. The summed E-state index contributed by atoms with van der Waals surface area (Å²) in [7, 11) is 0. The molecule has 2 amide bonds. The van der Waals surface area contributed by atoms with E-state index in [0.29, 0.717) is 38.6 Å². The minimum atomic E-state index is -0.313. The molecule has 5 nitrogen and oxygen atoms in total. The van der Waals surface area contributed by atoms with Gasteiger partial charge in [0.15, 0.2) is 0 Å². The molecule has 2 fully saturated rings. The molecular formula is C15H26N2O3. The first kappa shape index (κ1) is 15.3. The molecule has 1 aliphatic heterocycles. The van der Waals surface area contributed by atoms with Crippen molar-refractivity contribution in [3.63, 3.8) is 0 Å². The number of rotatable bonds is 5. The van der Waals surface area contributed by atoms with Crippen LogP contribution in [-0.4, -0.2) is 49.1 Å². The van der Waals surface area contributed by atoms with Crippen LogP contribution in [-0.2, 0) is 14.3 Å². The Morgan fingerprint density at radius 1 is 1.25 bits per heavy atom. The Bertz CT molecular complexity index is 340. The van der Waals surface area contributed by atoms with Crippen LogP contribution in [0.3, 0.4) is 0 Å². The molecule has 1 saturated heterocycles. The van der Waals surface area contributed by atoms with E-state index in [1.54, 1.807) is 4.90 Å². The van der Waals surface area contributed by atoms with Gasteiger partial charge in [-0.25, -0.2) is 0 Å². The van der Waals surface area contributed by atoms with Crippen molar-refractivity contribution in [3.8, 4) is 0 Å². The van der Waals surface area contributed by atoms with Crippen LogP contribution in [0, 0.1) is 5.92 Å². The summed E-state index contributed by atoms with van der Waals surface area (Å²) in [4.78, 5) is 26.3. The maximum absolute atomic E-state index is 12.6. The molecule has 20 heavy (non-hydrogen) atoms. The molecule has 1 heterocycles. The predicted molar refractivity (Wildman–Crippen MR) is 76.2 cm³/mol. The van der Waals surface area contributed by atoms with Crippen LogP contribution in [0.5, 0.6) is 0 Å². The zero-order valence-corrected chi connectivity index (χ0v) is 12.4. The SMILES string of the molecule is CCOCCN1CCC(=O)NC(C2CCCCC2)C1=O. The van der Waals surface area contributed by atoms with Crippen LogP contribution in [0.2, 0.25) is 0 Å². The molecule has 5 heteroatoms. The molecule has 0 spiro atoms. The fourth-order valence-electron chi connectivity index (χ4n) is 3.18. The van der Waals surface area contributed by atoms with Crippen molar-refractivity contribution in [2.24, 2.45) is 5.92 Å². The molecule has 2 rings (SSSR count). The molecular weight excluding hydrogens is 256 g/mol. The van der Waals surface area contributed by atoms with Crippen molar-refractivity contribution in [1.29, 1.82) is 0 Å². The summed E-state index contributed by atoms with van der Waals surface area (Å²) in [5.74, 6) is 0.406. The second kappa shape index (κ2) is 7.62. The summed E-state index contributed by atoms with van der Waals surface area (Å²) < 4.78 is 5.33. The van der Waals surface area contributed by atoms with E-state index in [4.69, 9.17) is 4.74 Å². The third kappa shape index (κ3) is 3.95. The van der Waals surface area contributed by atoms with Crippen LogP contribution in [0.1, 0.15) is 45.4 Å². The van der Waals surface area contributed by atoms with Gasteiger partial charge in [-0.15, -0.1) is 0 Å². The fourth-order valence-corrected chi connectivity index (χ4v) is 3.18. The molecule has 2 aliphatic rings. The van der Waals surface area contributed by atoms with E-state index in [-0.39, 0.29) is 17.9 Å². The van der Waals surface area contributed by atoms with Crippen LogP contribution < -0.4 is 5.32 Å². The second-order valence-electron chi connectivity index (χ2n) is 5.72. The first-order valence-electron chi connectivity index (χ1n) is 7.88. The lowest BCUT2D eigenvalue weighted by Crippen LogP contribution is -2.50. The third-order valence-corrected chi connectivity index (χ3v) is 4.33. The summed E-state index contributed by atoms with van der Waals surface area (Å²) in [6.45, 7) is 4.26. The van der Waals surface area contributed by atoms with Gasteiger partial charge in [-0.2, -0.15) is 0 Å². The van der Waals surface area contributed by atoms with Gasteiger partial charge in [0.25, 0.3) is 0 Å². The van der Waals surface area contributed by atoms with Gasteiger partial charge in [0.2, 0.25) is 11.8 Å². The first-order valence-corrected chi connectivity index (χ1v) is 7.88. The van der Waals surface area contributed by atoms with E-state index in [1.807, 2.05) is 6.92 Å². The number of carbonyl (C=O) groups excluding carboxylic acids is 2. The van der Waals surface area contributed by atoms with E-state index >= 15 is 0 Å². The Labute approximate surface area is 121 Å². The lowest BCUT2D eigenvalue weighted by molar-refractivity contribution is -0.136. The molecule has 114 valence electrons. The summed E-state index contributed by atoms with van der Waals surface area (Å²) in [5.41, 5.74) is 0. The summed E-state index contributed by atoms with van der Waals surface area (Å²) in [6.07, 6.45) is 6.10. The van der Waals surface area contributed by atoms with Crippen LogP contribution in [0.4, 0.5) is 0 Å². The molecule has 0 bridgehead atoms. The molecule has 1 aliphatic carbocycles. The van der Waals surface area contributed by atoms with Crippen molar-refractivity contribution in [3.05, 3.63) is 0 Å². The average Bonchev–Trinajstić information content (AvgIpc) is 2.61. The quantitative estimate of drug-likeness (QED) is 0.774. The highest BCUT2D eigenvalue weighted by molar-refractivity contribution is 5.90. The van der Waals surface area contributed by atoms with Gasteiger partial charge in [-0.3, -0.25) is 9.59 Å². The lowest BCUT2D eigenvalue weighted by Gasteiger charge is -2.31. The average molecular weight is 282 g/mol. The Balaban J connectivity index is 2.00. The Morgan fingerprint density at radius 2 is 2.00 bits per heavy atom. The number of carbonyl (C=O) groups is 2. The second-order valence-corrected chi connectivity index (χ2v) is 5.72. The number of nitrogens with one attached hydrogen (secondary N) is 1. The highest BCUT2D eigenvalue weighted by Gasteiger charge is 2.35. The van der Waals surface area contributed by atoms with Gasteiger partial charge in [0, 0.05) is 26.1 Å². The van der Waals surface area contributed by atoms with Crippen molar-refractivity contribution in [2.45, 2.75) is 51.5 Å². The summed E-state index contributed by atoms with van der Waals surface area (Å²) in [6, 6.07) is -0.313. The van der Waals surface area contributed by atoms with E-state index in [9.17, 15) is 9.59 Å². The standard InChI is InChI=1S/C15H26N2O3/c1-2-20-11-10-17-9-8-13(18)16-14(15(17)19)12-6-4-3-5-7-12/h12,14H,2-11H2,1H3,(H,16,18). The van der Waals surface area contributed by atoms with E-state index in [1.165, 1.54) is 19.3 Å². The minimum absolute atomic E-state index is 0.00725. The maximum Gasteiger partial charge on any atom is 0.245 e. The van der Waals surface area contributed by atoms with Gasteiger partial charge in [0.1, 0.15) is 6.04 Å². The predicted octanol–water partition coefficient (Wildman–Crippen LogP) is 1.32. The van der Waals surface area contributed by atoms with E-state index < -0.39 is 0 Å². The number of hydrogen-bond acceptors (Lipinski definition) is 3. The van der Waals surface area contributed by atoms with Gasteiger partial charge in [-0.05, 0) is 25.7 Å². The zero-order chi connectivity index (χ0) is 14.4. The number of hydrogen-bond donors (Lipinski definition) is 1. The van der Waals surface area contributed by atoms with E-state index in [2.05, 4.69) is 5.32 Å². The van der Waals surface area contributed by atoms with Crippen molar-refractivity contribution >= 4 is 11.8 Å². The van der Waals surface area contributed by atoms with Gasteiger partial charge in [0.05, 0.1) is 6.61 Å². The topological polar surface area (TPSA) is 58.6 Å². The molecule has 0 aromatic heterocycles. The van der Waals surface area contributed by atoms with Gasteiger partial charge in [-0.1, -0.05) is 19.3 Å². The fraction of sp³-hybridized carbons (Fsp3) is 0.867. The Morgan fingerprint density at radius 3 is 2.70 bits per heavy atom. The Kier molecular flexibility index (Phi) is 5.83. The minimum Gasteiger partial charge on any atom is -0.380 e. The van der Waals surface area contributed by atoms with Crippen molar-refractivity contribution in [2.75, 3.05) is 26.3 Å². The number of nitrogens with zero attached hydrogens (tertiary/aromatic N) is 1. The zero-order valence-electron chi connectivity index (χ0n) is 12.4. The van der Waals surface area contributed by atoms with Crippen molar-refractivity contribution < 1.29 is 14.3 Å². The Hall–Kier alpha value is -1.10. The van der Waals surface area contributed by atoms with Crippen LogP contribution >= 0.6 is 0 Å².